The molecule has 1 nitrogen and oxygen atoms in total. The highest BCUT2D eigenvalue weighted by Gasteiger charge is 2.70. The average molecular weight is 203 g/mol. The summed E-state index contributed by atoms with van der Waals surface area (Å²) in [6.45, 7) is 8.11. The monoisotopic (exact) mass is 203 g/mol. The molecule has 1 spiro atoms. The molecular formula is C11H19F2N. The van der Waals surface area contributed by atoms with Crippen LogP contribution in [-0.4, -0.2) is 29.5 Å². The van der Waals surface area contributed by atoms with E-state index in [9.17, 15) is 8.78 Å². The van der Waals surface area contributed by atoms with Crippen LogP contribution < -0.4 is 0 Å². The van der Waals surface area contributed by atoms with E-state index in [4.69, 9.17) is 0 Å². The number of rotatable bonds is 0. The van der Waals surface area contributed by atoms with E-state index in [1.807, 2.05) is 0 Å². The molecule has 14 heavy (non-hydrogen) atoms. The largest absolute Gasteiger partial charge is 0.298 e. The van der Waals surface area contributed by atoms with E-state index in [0.717, 1.165) is 13.1 Å². The maximum absolute atomic E-state index is 13.1. The smallest absolute Gasteiger partial charge is 0.254 e. The molecule has 0 aromatic rings. The summed E-state index contributed by atoms with van der Waals surface area (Å²) in [5.41, 5.74) is -0.472. The van der Waals surface area contributed by atoms with Crippen molar-refractivity contribution in [2.45, 2.75) is 51.5 Å². The fraction of sp³-hybridized carbons (Fsp3) is 1.00. The zero-order valence-electron chi connectivity index (χ0n) is 9.24. The third-order valence-corrected chi connectivity index (χ3v) is 3.88. The van der Waals surface area contributed by atoms with Crippen LogP contribution in [0.4, 0.5) is 8.78 Å². The topological polar surface area (TPSA) is 3.24 Å². The predicted octanol–water partition coefficient (Wildman–Crippen LogP) is 2.91. The van der Waals surface area contributed by atoms with Crippen molar-refractivity contribution in [3.8, 4) is 0 Å². The van der Waals surface area contributed by atoms with Crippen molar-refractivity contribution in [1.29, 1.82) is 0 Å². The summed E-state index contributed by atoms with van der Waals surface area (Å²) in [6.07, 6.45) is 1.49. The molecule has 2 aliphatic rings. The Balaban J connectivity index is 1.95. The Hall–Kier alpha value is -0.180. The van der Waals surface area contributed by atoms with E-state index in [1.54, 1.807) is 0 Å². The highest BCUT2D eigenvalue weighted by Crippen LogP contribution is 2.66. The van der Waals surface area contributed by atoms with Crippen LogP contribution in [0.15, 0.2) is 0 Å². The molecule has 1 heterocycles. The molecule has 0 amide bonds. The number of likely N-dealkylation sites (tertiary alicyclic amines) is 1. The molecule has 2 rings (SSSR count). The Morgan fingerprint density at radius 1 is 1.07 bits per heavy atom. The van der Waals surface area contributed by atoms with Crippen molar-refractivity contribution >= 4 is 0 Å². The molecular weight excluding hydrogens is 184 g/mol. The molecule has 0 unspecified atom stereocenters. The fourth-order valence-corrected chi connectivity index (χ4v) is 2.53. The van der Waals surface area contributed by atoms with Crippen LogP contribution in [0.1, 0.15) is 40.0 Å². The number of hydrogen-bond acceptors (Lipinski definition) is 1. The molecule has 82 valence electrons. The van der Waals surface area contributed by atoms with Crippen molar-refractivity contribution in [2.75, 3.05) is 13.1 Å². The van der Waals surface area contributed by atoms with Crippen LogP contribution in [0.25, 0.3) is 0 Å². The summed E-state index contributed by atoms with van der Waals surface area (Å²) in [6, 6.07) is 0. The van der Waals surface area contributed by atoms with Gasteiger partial charge in [-0.05, 0) is 46.7 Å². The Labute approximate surface area is 84.5 Å². The normalized spacial score (nSPS) is 30.6. The summed E-state index contributed by atoms with van der Waals surface area (Å²) in [5.74, 6) is -2.35. The fourth-order valence-electron chi connectivity index (χ4n) is 2.53. The Morgan fingerprint density at radius 2 is 1.50 bits per heavy atom. The first-order valence-electron chi connectivity index (χ1n) is 5.40. The van der Waals surface area contributed by atoms with Gasteiger partial charge in [-0.25, -0.2) is 8.78 Å². The summed E-state index contributed by atoms with van der Waals surface area (Å²) in [7, 11) is 0. The van der Waals surface area contributed by atoms with E-state index in [-0.39, 0.29) is 12.0 Å². The third kappa shape index (κ3) is 1.46. The van der Waals surface area contributed by atoms with Crippen LogP contribution in [0.2, 0.25) is 0 Å². The minimum atomic E-state index is -2.35. The molecule has 1 aliphatic carbocycles. The number of nitrogens with zero attached hydrogens (tertiary/aromatic N) is 1. The number of piperidine rings is 1. The molecule has 2 fully saturated rings. The van der Waals surface area contributed by atoms with Crippen LogP contribution >= 0.6 is 0 Å². The lowest BCUT2D eigenvalue weighted by molar-refractivity contribution is 0.0101. The van der Waals surface area contributed by atoms with Crippen molar-refractivity contribution in [1.82, 2.24) is 4.90 Å². The predicted molar refractivity (Wildman–Crippen MR) is 52.6 cm³/mol. The number of hydrogen-bond donors (Lipinski definition) is 0. The third-order valence-electron chi connectivity index (χ3n) is 3.88. The molecule has 0 N–H and O–H groups in total. The Morgan fingerprint density at radius 3 is 1.79 bits per heavy atom. The van der Waals surface area contributed by atoms with E-state index in [2.05, 4.69) is 25.7 Å². The standard InChI is InChI=1S/C11H19F2N/c1-9(2,3)14-6-4-10(5-7-14)8-11(10,12)13/h4-8H2,1-3H3. The van der Waals surface area contributed by atoms with Crippen LogP contribution in [0, 0.1) is 5.41 Å². The quantitative estimate of drug-likeness (QED) is 0.585. The second-order valence-electron chi connectivity index (χ2n) is 5.82. The van der Waals surface area contributed by atoms with Gasteiger partial charge in [0.05, 0.1) is 0 Å². The average Bonchev–Trinajstić information content (AvgIpc) is 2.51. The molecule has 0 bridgehead atoms. The lowest BCUT2D eigenvalue weighted by Gasteiger charge is -2.41. The van der Waals surface area contributed by atoms with Gasteiger partial charge in [0.1, 0.15) is 0 Å². The van der Waals surface area contributed by atoms with E-state index < -0.39 is 11.3 Å². The molecule has 1 saturated carbocycles. The van der Waals surface area contributed by atoms with E-state index in [1.165, 1.54) is 0 Å². The zero-order valence-corrected chi connectivity index (χ0v) is 9.24. The molecule has 0 aromatic carbocycles. The lowest BCUT2D eigenvalue weighted by Crippen LogP contribution is -2.47. The lowest BCUT2D eigenvalue weighted by atomic mass is 9.90. The first-order valence-corrected chi connectivity index (χ1v) is 5.40. The molecule has 0 atom stereocenters. The van der Waals surface area contributed by atoms with Crippen molar-refractivity contribution < 1.29 is 8.78 Å². The Bertz CT molecular complexity index is 234. The van der Waals surface area contributed by atoms with Crippen molar-refractivity contribution in [2.24, 2.45) is 5.41 Å². The first-order chi connectivity index (χ1) is 6.27. The minimum absolute atomic E-state index is 0.131. The summed E-state index contributed by atoms with van der Waals surface area (Å²) < 4.78 is 26.2. The van der Waals surface area contributed by atoms with Gasteiger partial charge >= 0.3 is 0 Å². The van der Waals surface area contributed by atoms with Crippen LogP contribution in [0.5, 0.6) is 0 Å². The second kappa shape index (κ2) is 2.69. The maximum atomic E-state index is 13.1. The first kappa shape index (κ1) is 10.3. The summed E-state index contributed by atoms with van der Waals surface area (Å²) in [5, 5.41) is 0. The summed E-state index contributed by atoms with van der Waals surface area (Å²) in [4.78, 5) is 2.31. The van der Waals surface area contributed by atoms with Gasteiger partial charge in [0.15, 0.2) is 0 Å². The van der Waals surface area contributed by atoms with E-state index >= 15 is 0 Å². The van der Waals surface area contributed by atoms with Crippen molar-refractivity contribution in [3.63, 3.8) is 0 Å². The SMILES string of the molecule is CC(C)(C)N1CCC2(CC1)CC2(F)F. The van der Waals surface area contributed by atoms with Crippen LogP contribution in [0.3, 0.4) is 0 Å². The maximum Gasteiger partial charge on any atom is 0.254 e. The minimum Gasteiger partial charge on any atom is -0.298 e. The highest BCUT2D eigenvalue weighted by atomic mass is 19.3. The zero-order chi connectivity index (χ0) is 10.6. The number of alkyl halides is 2. The van der Waals surface area contributed by atoms with Gasteiger partial charge in [0, 0.05) is 17.4 Å². The molecule has 1 aliphatic heterocycles. The van der Waals surface area contributed by atoms with Gasteiger partial charge < -0.3 is 0 Å². The molecule has 0 aromatic heterocycles. The van der Waals surface area contributed by atoms with Crippen molar-refractivity contribution in [3.05, 3.63) is 0 Å². The molecule has 3 heteroatoms. The van der Waals surface area contributed by atoms with Gasteiger partial charge in [0.2, 0.25) is 0 Å². The van der Waals surface area contributed by atoms with Gasteiger partial charge in [-0.2, -0.15) is 0 Å². The second-order valence-corrected chi connectivity index (χ2v) is 5.82. The summed E-state index contributed by atoms with van der Waals surface area (Å²) >= 11 is 0. The Kier molecular flexibility index (Phi) is 1.98. The van der Waals surface area contributed by atoms with Gasteiger partial charge in [-0.3, -0.25) is 4.90 Å². The van der Waals surface area contributed by atoms with E-state index in [0.29, 0.717) is 12.8 Å². The van der Waals surface area contributed by atoms with Gasteiger partial charge in [0.25, 0.3) is 5.92 Å². The highest BCUT2D eigenvalue weighted by molar-refractivity contribution is 5.12. The number of halogens is 2. The van der Waals surface area contributed by atoms with Gasteiger partial charge in [-0.1, -0.05) is 0 Å². The molecule has 1 saturated heterocycles. The van der Waals surface area contributed by atoms with Gasteiger partial charge in [-0.15, -0.1) is 0 Å². The van der Waals surface area contributed by atoms with Crippen LogP contribution in [-0.2, 0) is 0 Å². The molecule has 0 radical (unpaired) electrons.